The molecule has 0 saturated carbocycles. The van der Waals surface area contributed by atoms with E-state index in [4.69, 9.17) is 5.73 Å². The number of carbonyl (C=O) groups is 12. The molecule has 36 heteroatoms. The van der Waals surface area contributed by atoms with Crippen LogP contribution < -0.4 is 48.3 Å². The first kappa shape index (κ1) is 85.1. The molecule has 1 saturated heterocycles. The molecule has 0 aliphatic carbocycles. The van der Waals surface area contributed by atoms with Gasteiger partial charge >= 0.3 is 43.7 Å². The molecule has 10 atom stereocenters. The molecule has 2 heterocycles. The van der Waals surface area contributed by atoms with E-state index < -0.39 is 151 Å². The van der Waals surface area contributed by atoms with Gasteiger partial charge in [0.25, 0.3) is 0 Å². The maximum absolute atomic E-state index is 15.0. The molecule has 0 spiro atoms. The van der Waals surface area contributed by atoms with Crippen molar-refractivity contribution in [3.63, 3.8) is 0 Å². The van der Waals surface area contributed by atoms with E-state index in [2.05, 4.69) is 72.8 Å². The Labute approximate surface area is 607 Å². The third kappa shape index (κ3) is 29.3. The molecule has 18 N–H and O–H groups in total. The number of nitrogens with one attached hydrogen (secondary N) is 9. The van der Waals surface area contributed by atoms with Crippen LogP contribution in [0.2, 0.25) is 0 Å². The second kappa shape index (κ2) is 43.5. The van der Waals surface area contributed by atoms with Crippen LogP contribution in [0.5, 0.6) is 5.75 Å². The van der Waals surface area contributed by atoms with Gasteiger partial charge in [-0.05, 0) is 74.5 Å². The van der Waals surface area contributed by atoms with Crippen molar-refractivity contribution in [2.24, 2.45) is 5.73 Å². The third-order valence-electron chi connectivity index (χ3n) is 16.4. The van der Waals surface area contributed by atoms with Gasteiger partial charge in [-0.25, -0.2) is 4.79 Å². The maximum atomic E-state index is 15.0. The number of aromatic hydroxyl groups is 1. The number of aliphatic carboxylic acids is 4. The molecule has 0 bridgehead atoms. The van der Waals surface area contributed by atoms with Crippen LogP contribution in [0.1, 0.15) is 49.8 Å². The number of hydrogen-bond acceptors (Lipinski definition) is 22. The molecule has 0 radical (unpaired) electrons. The van der Waals surface area contributed by atoms with E-state index in [0.717, 1.165) is 13.8 Å². The number of thiol groups is 2. The van der Waals surface area contributed by atoms with Gasteiger partial charge in [-0.15, -0.1) is 0 Å². The number of aromatic nitrogens is 1. The van der Waals surface area contributed by atoms with Gasteiger partial charge in [-0.2, -0.15) is 25.3 Å². The van der Waals surface area contributed by atoms with Gasteiger partial charge < -0.3 is 89.0 Å². The average molecular weight is 1510 g/mol. The van der Waals surface area contributed by atoms with Crippen molar-refractivity contribution < 1.29 is 93.3 Å². The summed E-state index contributed by atoms with van der Waals surface area (Å²) < 4.78 is 0. The second-order valence-corrected chi connectivity index (χ2v) is 25.0. The van der Waals surface area contributed by atoms with Gasteiger partial charge in [0, 0.05) is 100 Å². The summed E-state index contributed by atoms with van der Waals surface area (Å²) in [6, 6.07) is 8.60. The molecule has 1 aliphatic heterocycles. The van der Waals surface area contributed by atoms with Crippen molar-refractivity contribution in [3.8, 4) is 5.75 Å². The fraction of sp³-hybridized carbons (Fsp3) is 0.508. The Hall–Kier alpha value is -8.30. The summed E-state index contributed by atoms with van der Waals surface area (Å²) >= 11 is 8.51. The molecule has 101 heavy (non-hydrogen) atoms. The first-order valence-corrected chi connectivity index (χ1v) is 33.7. The van der Waals surface area contributed by atoms with Crippen LogP contribution >= 0.6 is 25.3 Å². The summed E-state index contributed by atoms with van der Waals surface area (Å²) in [5.74, 6) is -13.5. The van der Waals surface area contributed by atoms with Gasteiger partial charge in [-0.1, -0.05) is 60.7 Å². The van der Waals surface area contributed by atoms with Crippen LogP contribution in [-0.4, -0.2) is 308 Å². The van der Waals surface area contributed by atoms with Crippen LogP contribution in [0, 0.1) is 0 Å². The van der Waals surface area contributed by atoms with E-state index in [0.29, 0.717) is 34.0 Å². The quantitative estimate of drug-likeness (QED) is 0.0115. The van der Waals surface area contributed by atoms with Crippen LogP contribution in [-0.2, 0) is 76.8 Å². The molecule has 3 aromatic carbocycles. The van der Waals surface area contributed by atoms with E-state index in [1.54, 1.807) is 80.4 Å². The van der Waals surface area contributed by atoms with E-state index in [1.165, 1.54) is 24.3 Å². The number of aliphatic hydroxyl groups is 2. The number of rotatable bonds is 38. The van der Waals surface area contributed by atoms with Crippen molar-refractivity contribution >= 4 is 127 Å². The fourth-order valence-electron chi connectivity index (χ4n) is 10.9. The third-order valence-corrected chi connectivity index (χ3v) is 17.1. The van der Waals surface area contributed by atoms with Crippen molar-refractivity contribution in [2.75, 3.05) is 96.6 Å². The minimum absolute atomic E-state index is 0. The number of phenolic OH excluding ortho intramolecular Hbond substituents is 1. The number of nitrogens with zero attached hydrogens (tertiary/aromatic N) is 4. The summed E-state index contributed by atoms with van der Waals surface area (Å²) in [6.45, 7) is 1.80. The van der Waals surface area contributed by atoms with E-state index in [-0.39, 0.29) is 135 Å². The summed E-state index contributed by atoms with van der Waals surface area (Å²) in [5, 5.41) is 90.6. The normalized spacial score (nSPS) is 16.5. The number of fused-ring (bicyclic) bond motifs is 1. The van der Waals surface area contributed by atoms with Crippen molar-refractivity contribution in [1.82, 2.24) is 67.1 Å². The topological polar surface area (TPSA) is 497 Å². The Morgan fingerprint density at radius 3 is 1.32 bits per heavy atom. The Kier molecular flexibility index (Phi) is 36.6. The number of carbonyl (C=O) groups excluding carboxylic acids is 8. The Balaban J connectivity index is 0.0000216. The fourth-order valence-corrected chi connectivity index (χ4v) is 11.4. The number of para-hydroxylation sites is 1. The summed E-state index contributed by atoms with van der Waals surface area (Å²) in [6.07, 6.45) is -1.76. The summed E-state index contributed by atoms with van der Waals surface area (Å²) in [5.41, 5.74) is 7.98. The molecule has 33 nitrogen and oxygen atoms in total. The zero-order valence-electron chi connectivity index (χ0n) is 56.1. The predicted octanol–water partition coefficient (Wildman–Crippen LogP) is -4.29. The Morgan fingerprint density at radius 2 is 0.851 bits per heavy atom. The number of carboxylic acids is 4. The van der Waals surface area contributed by atoms with Crippen molar-refractivity contribution in [1.29, 1.82) is 0 Å². The number of hydrogen-bond donors (Lipinski definition) is 19. The predicted molar refractivity (Wildman–Crippen MR) is 375 cm³/mol. The first-order valence-electron chi connectivity index (χ1n) is 32.4. The second-order valence-electron chi connectivity index (χ2n) is 24.3. The SMILES string of the molecule is C[C@@H](O)[C@H](NC(=O)[C@H](CS)NC(=O)[C@@H](NC(=O)[C@H](CCCCN)NC(=O)[C@@H](Cc1c[nH]c2ccccc12)NC(=O)[C@H](Cc1ccc(O)cc1)NC(=O)[C@H](CS)NC(=O)[C@@H](Cc1ccccc1)NC(=O)CN1CCN(CC(=O)O)CCN(CC(=O)O)CCN(CC(=O)O)CC1)[C@@H](C)O)C(=O)O.[68Ga+3]. The number of aromatic amines is 1. The molecule has 548 valence electrons. The number of aliphatic hydroxyl groups excluding tert-OH is 2. The molecule has 1 aliphatic rings. The van der Waals surface area contributed by atoms with Gasteiger partial charge in [0.05, 0.1) is 38.4 Å². The number of nitrogens with two attached hydrogens (primary N) is 1. The van der Waals surface area contributed by atoms with E-state index in [1.807, 2.05) is 0 Å². The van der Waals surface area contributed by atoms with Crippen LogP contribution in [0.15, 0.2) is 85.1 Å². The first-order chi connectivity index (χ1) is 47.6. The summed E-state index contributed by atoms with van der Waals surface area (Å²) in [4.78, 5) is 172. The minimum Gasteiger partial charge on any atom is -0.508 e. The van der Waals surface area contributed by atoms with Crippen LogP contribution in [0.3, 0.4) is 0 Å². The van der Waals surface area contributed by atoms with E-state index in [9.17, 15) is 88.5 Å². The number of phenols is 1. The number of benzene rings is 3. The Bertz CT molecular complexity index is 3380. The number of carboxylic acid groups (broad SMARTS) is 4. The zero-order valence-corrected chi connectivity index (χ0v) is 60.3. The van der Waals surface area contributed by atoms with Gasteiger partial charge in [-0.3, -0.25) is 72.3 Å². The standard InChI is InChI=1S/C65H92N14O19S2.Ga/c1-38(80)56(64(96)73-51(37-100)63(95)75-57(39(2)81)65(97)98)74-58(90)46(14-8-9-19-66)69-61(93)49(30-42-31-67-45-13-7-6-12-44(42)45)71-60(92)48(29-41-15-17-43(82)18-16-41)70-62(94)50(36-99)72-59(91)47(28-40-10-4-3-5-11-40)68-52(83)32-76-20-22-77(33-53(84)85)24-26-79(35-55(88)89)27-25-78(23-21-76)34-54(86)87;/h3-7,10-13,15-18,31,38-39,46-51,56-57,67,80-82,99-100H,8-9,14,19-30,32-37,66H2,1-2H3,(H,68,83)(H,69,93)(H,70,94)(H,71,92)(H,72,91)(H,73,96)(H,74,90)(H,75,95)(H,84,85)(H,86,87)(H,88,89)(H,97,98);/q;+3/t38-,39-,46+,47-,48+,49-,50+,51+,56+,57+;/m1./s1/i;1-2. The van der Waals surface area contributed by atoms with Crippen molar-refractivity contribution in [3.05, 3.63) is 102 Å². The average Bonchev–Trinajstić information content (AvgIpc) is 1.29. The Morgan fingerprint density at radius 1 is 0.465 bits per heavy atom. The molecule has 4 aromatic rings. The smallest absolute Gasteiger partial charge is 0.508 e. The minimum atomic E-state index is -1.80. The number of H-pyrrole nitrogens is 1. The molecule has 1 aromatic heterocycles. The van der Waals surface area contributed by atoms with Gasteiger partial charge in [0.1, 0.15) is 48.0 Å². The largest absolute Gasteiger partial charge is 3.00 e. The van der Waals surface area contributed by atoms with Gasteiger partial charge in [0.2, 0.25) is 47.3 Å². The molecule has 0 unspecified atom stereocenters. The monoisotopic (exact) mass is 1500 g/mol. The molecule has 5 rings (SSSR count). The zero-order chi connectivity index (χ0) is 73.6. The number of amides is 8. The van der Waals surface area contributed by atoms with Crippen LogP contribution in [0.25, 0.3) is 10.9 Å². The molecule has 8 amide bonds. The van der Waals surface area contributed by atoms with Gasteiger partial charge in [0.15, 0.2) is 6.04 Å². The molecule has 1 fully saturated rings. The number of unbranched alkanes of at least 4 members (excludes halogenated alkanes) is 1. The van der Waals surface area contributed by atoms with E-state index >= 15 is 4.79 Å². The van der Waals surface area contributed by atoms with Crippen molar-refractivity contribution in [2.45, 2.75) is 113 Å². The van der Waals surface area contributed by atoms with Crippen LogP contribution in [0.4, 0.5) is 0 Å². The molecular formula is C65H92GaN14O19S2+3. The maximum Gasteiger partial charge on any atom is 3.00 e. The summed E-state index contributed by atoms with van der Waals surface area (Å²) in [7, 11) is 0. The molecular weight excluding hydrogens is 1410 g/mol.